The molecule has 5 rings (SSSR count). The SMILES string of the molecule is COc1ccc2ncc(O)c(CCC34CCC(N(C(=O)O)C(C)(C)C)(CC3)CO4)c2n1. The number of amides is 1. The molecule has 0 aromatic carbocycles. The van der Waals surface area contributed by atoms with E-state index >= 15 is 0 Å². The summed E-state index contributed by atoms with van der Waals surface area (Å²) in [6.45, 7) is 6.21. The number of aromatic nitrogens is 2. The Bertz CT molecular complexity index is 976. The third kappa shape index (κ3) is 3.78. The first-order valence-electron chi connectivity index (χ1n) is 10.8. The van der Waals surface area contributed by atoms with Crippen LogP contribution in [0.5, 0.6) is 11.6 Å². The maximum absolute atomic E-state index is 12.1. The van der Waals surface area contributed by atoms with Crippen LogP contribution in [0.1, 0.15) is 58.4 Å². The minimum absolute atomic E-state index is 0.121. The zero-order valence-corrected chi connectivity index (χ0v) is 18.6. The van der Waals surface area contributed by atoms with E-state index in [0.717, 1.165) is 37.7 Å². The van der Waals surface area contributed by atoms with Gasteiger partial charge in [0.15, 0.2) is 0 Å². The lowest BCUT2D eigenvalue weighted by Crippen LogP contribution is -2.68. The number of aryl methyl sites for hydroxylation is 1. The van der Waals surface area contributed by atoms with E-state index in [9.17, 15) is 15.0 Å². The fourth-order valence-electron chi connectivity index (χ4n) is 5.36. The van der Waals surface area contributed by atoms with Crippen LogP contribution in [0.2, 0.25) is 0 Å². The predicted octanol–water partition coefficient (Wildman–Crippen LogP) is 4.14. The van der Waals surface area contributed by atoms with Gasteiger partial charge in [-0.25, -0.2) is 9.78 Å². The second-order valence-electron chi connectivity index (χ2n) is 9.83. The molecule has 2 saturated heterocycles. The third-order valence-electron chi connectivity index (χ3n) is 6.88. The zero-order chi connectivity index (χ0) is 22.4. The maximum atomic E-state index is 12.1. The van der Waals surface area contributed by atoms with E-state index in [1.807, 2.05) is 26.8 Å². The lowest BCUT2D eigenvalue weighted by atomic mass is 9.67. The van der Waals surface area contributed by atoms with Gasteiger partial charge in [0.2, 0.25) is 5.88 Å². The average Bonchev–Trinajstić information content (AvgIpc) is 2.72. The van der Waals surface area contributed by atoms with Crippen LogP contribution in [-0.2, 0) is 11.2 Å². The highest BCUT2D eigenvalue weighted by molar-refractivity contribution is 5.80. The number of methoxy groups -OCH3 is 1. The Hall–Kier alpha value is -2.61. The number of hydrogen-bond donors (Lipinski definition) is 2. The second kappa shape index (κ2) is 7.51. The van der Waals surface area contributed by atoms with E-state index in [1.165, 1.54) is 6.20 Å². The summed E-state index contributed by atoms with van der Waals surface area (Å²) in [4.78, 5) is 22.4. The van der Waals surface area contributed by atoms with Crippen LogP contribution in [0.4, 0.5) is 4.79 Å². The van der Waals surface area contributed by atoms with Gasteiger partial charge in [-0.3, -0.25) is 9.88 Å². The van der Waals surface area contributed by atoms with E-state index in [4.69, 9.17) is 9.47 Å². The molecule has 4 heterocycles. The van der Waals surface area contributed by atoms with Crippen LogP contribution < -0.4 is 4.74 Å². The number of hydrogen-bond acceptors (Lipinski definition) is 6. The fraction of sp³-hybridized carbons (Fsp3) is 0.609. The molecule has 0 radical (unpaired) electrons. The Morgan fingerprint density at radius 1 is 1.26 bits per heavy atom. The minimum atomic E-state index is -0.890. The van der Waals surface area contributed by atoms with Gasteiger partial charge in [0, 0.05) is 17.2 Å². The number of aromatic hydroxyl groups is 1. The summed E-state index contributed by atoms with van der Waals surface area (Å²) in [5, 5.41) is 20.4. The molecule has 8 nitrogen and oxygen atoms in total. The van der Waals surface area contributed by atoms with Gasteiger partial charge in [0.05, 0.1) is 42.1 Å². The molecule has 168 valence electrons. The summed E-state index contributed by atoms with van der Waals surface area (Å²) in [6.07, 6.45) is 5.07. The molecule has 2 N–H and O–H groups in total. The first-order valence-corrected chi connectivity index (χ1v) is 10.8. The quantitative estimate of drug-likeness (QED) is 0.736. The molecule has 2 aromatic rings. The van der Waals surface area contributed by atoms with Crippen molar-refractivity contribution < 1.29 is 24.5 Å². The van der Waals surface area contributed by atoms with Crippen molar-refractivity contribution in [2.24, 2.45) is 0 Å². The Morgan fingerprint density at radius 3 is 2.52 bits per heavy atom. The van der Waals surface area contributed by atoms with Gasteiger partial charge in [-0.15, -0.1) is 0 Å². The molecule has 2 aliphatic heterocycles. The molecule has 1 aliphatic carbocycles. The monoisotopic (exact) mass is 429 g/mol. The molecule has 0 atom stereocenters. The summed E-state index contributed by atoms with van der Waals surface area (Å²) in [5.74, 6) is 0.599. The average molecular weight is 430 g/mol. The number of fused-ring (bicyclic) bond motifs is 4. The molecule has 0 spiro atoms. The van der Waals surface area contributed by atoms with Crippen LogP contribution in [0.25, 0.3) is 11.0 Å². The lowest BCUT2D eigenvalue weighted by molar-refractivity contribution is -0.200. The number of ether oxygens (including phenoxy) is 2. The molecular formula is C23H31N3O5. The number of nitrogens with zero attached hydrogens (tertiary/aromatic N) is 3. The van der Waals surface area contributed by atoms with E-state index in [-0.39, 0.29) is 11.4 Å². The van der Waals surface area contributed by atoms with Crippen molar-refractivity contribution in [1.29, 1.82) is 0 Å². The summed E-state index contributed by atoms with van der Waals surface area (Å²) < 4.78 is 11.6. The van der Waals surface area contributed by atoms with Crippen molar-refractivity contribution in [1.82, 2.24) is 14.9 Å². The van der Waals surface area contributed by atoms with E-state index in [2.05, 4.69) is 9.97 Å². The topological polar surface area (TPSA) is 105 Å². The largest absolute Gasteiger partial charge is 0.506 e. The third-order valence-corrected chi connectivity index (χ3v) is 6.88. The molecule has 31 heavy (non-hydrogen) atoms. The Balaban J connectivity index is 1.54. The molecule has 0 unspecified atom stereocenters. The Kier molecular flexibility index (Phi) is 5.24. The first-order chi connectivity index (χ1) is 14.6. The van der Waals surface area contributed by atoms with Gasteiger partial charge in [0.25, 0.3) is 0 Å². The first kappa shape index (κ1) is 21.6. The Labute approximate surface area is 182 Å². The number of rotatable bonds is 5. The predicted molar refractivity (Wildman–Crippen MR) is 116 cm³/mol. The molecule has 3 aliphatic rings. The van der Waals surface area contributed by atoms with Gasteiger partial charge in [0.1, 0.15) is 5.75 Å². The molecular weight excluding hydrogens is 398 g/mol. The van der Waals surface area contributed by atoms with Crippen molar-refractivity contribution in [2.75, 3.05) is 13.7 Å². The van der Waals surface area contributed by atoms with Crippen molar-refractivity contribution in [3.8, 4) is 11.6 Å². The minimum Gasteiger partial charge on any atom is -0.506 e. The van der Waals surface area contributed by atoms with Crippen molar-refractivity contribution in [3.05, 3.63) is 23.9 Å². The summed E-state index contributed by atoms with van der Waals surface area (Å²) in [5.41, 5.74) is 0.837. The summed E-state index contributed by atoms with van der Waals surface area (Å²) in [6, 6.07) is 3.59. The summed E-state index contributed by atoms with van der Waals surface area (Å²) in [7, 11) is 1.56. The van der Waals surface area contributed by atoms with Crippen molar-refractivity contribution in [3.63, 3.8) is 0 Å². The van der Waals surface area contributed by atoms with Crippen molar-refractivity contribution >= 4 is 17.1 Å². The van der Waals surface area contributed by atoms with E-state index in [0.29, 0.717) is 29.9 Å². The van der Waals surface area contributed by atoms with Gasteiger partial charge in [-0.2, -0.15) is 0 Å². The highest BCUT2D eigenvalue weighted by Crippen LogP contribution is 2.50. The van der Waals surface area contributed by atoms with Gasteiger partial charge >= 0.3 is 6.09 Å². The number of carboxylic acid groups (broad SMARTS) is 1. The zero-order valence-electron chi connectivity index (χ0n) is 18.6. The molecule has 1 amide bonds. The highest BCUT2D eigenvalue weighted by atomic mass is 16.5. The fourth-order valence-corrected chi connectivity index (χ4v) is 5.36. The number of carbonyl (C=O) groups is 1. The van der Waals surface area contributed by atoms with Crippen LogP contribution in [0.15, 0.2) is 18.3 Å². The highest BCUT2D eigenvalue weighted by Gasteiger charge is 2.55. The lowest BCUT2D eigenvalue weighted by Gasteiger charge is -2.59. The van der Waals surface area contributed by atoms with E-state index in [1.54, 1.807) is 18.1 Å². The molecule has 1 saturated carbocycles. The summed E-state index contributed by atoms with van der Waals surface area (Å²) >= 11 is 0. The van der Waals surface area contributed by atoms with E-state index < -0.39 is 17.2 Å². The second-order valence-corrected chi connectivity index (χ2v) is 9.83. The van der Waals surface area contributed by atoms with Crippen LogP contribution in [0.3, 0.4) is 0 Å². The normalized spacial score (nSPS) is 25.5. The van der Waals surface area contributed by atoms with Gasteiger partial charge < -0.3 is 19.7 Å². The number of pyridine rings is 2. The molecule has 3 fully saturated rings. The standard InChI is InChI=1S/C23H31N3O5/c1-21(2,3)26(20(28)29)22-9-11-23(12-10-22,31-14-22)8-7-15-17(27)13-24-16-5-6-18(30-4)25-19(15)16/h5-6,13,27H,7-12,14H2,1-4H3,(H,28,29). The van der Waals surface area contributed by atoms with Gasteiger partial charge in [-0.1, -0.05) is 0 Å². The molecule has 2 bridgehead atoms. The maximum Gasteiger partial charge on any atom is 0.408 e. The molecule has 2 aromatic heterocycles. The van der Waals surface area contributed by atoms with Crippen molar-refractivity contribution in [2.45, 2.75) is 76.0 Å². The van der Waals surface area contributed by atoms with Crippen LogP contribution in [-0.4, -0.2) is 61.6 Å². The molecule has 8 heteroatoms. The smallest absolute Gasteiger partial charge is 0.408 e. The van der Waals surface area contributed by atoms with Crippen LogP contribution in [0, 0.1) is 0 Å². The van der Waals surface area contributed by atoms with Gasteiger partial charge in [-0.05, 0) is 65.4 Å². The van der Waals surface area contributed by atoms with Crippen LogP contribution >= 0.6 is 0 Å². The Morgan fingerprint density at radius 2 is 1.97 bits per heavy atom.